The summed E-state index contributed by atoms with van der Waals surface area (Å²) in [7, 11) is 0. The molecule has 0 aromatic carbocycles. The Balaban J connectivity index is 2.95. The molecule has 7 heteroatoms. The van der Waals surface area contributed by atoms with E-state index in [1.54, 1.807) is 6.92 Å². The molecule has 0 aliphatic rings. The average Bonchev–Trinajstić information content (AvgIpc) is 2.24. The molecule has 0 radical (unpaired) electrons. The van der Waals surface area contributed by atoms with Crippen LogP contribution in [0.1, 0.15) is 19.4 Å². The number of carbonyl (C=O) groups is 1. The highest BCUT2D eigenvalue weighted by Crippen LogP contribution is 2.20. The minimum absolute atomic E-state index is 0.000187. The number of nitrogens with two attached hydrogens (primary N) is 1. The molecule has 1 atom stereocenters. The molecule has 0 fully saturated rings. The molecule has 0 bridgehead atoms. The quantitative estimate of drug-likeness (QED) is 0.604. The van der Waals surface area contributed by atoms with Gasteiger partial charge in [0.1, 0.15) is 18.1 Å². The second-order valence-corrected chi connectivity index (χ2v) is 4.38. The molecule has 1 aromatic heterocycles. The number of hydrogen-bond donors (Lipinski definition) is 2. The van der Waals surface area contributed by atoms with Gasteiger partial charge in [-0.05, 0) is 18.9 Å². The molecule has 0 saturated heterocycles. The van der Waals surface area contributed by atoms with Crippen molar-refractivity contribution >= 4 is 17.4 Å². The Morgan fingerprint density at radius 2 is 2.17 bits per heavy atom. The summed E-state index contributed by atoms with van der Waals surface area (Å²) in [5.74, 6) is -0.0850. The van der Waals surface area contributed by atoms with Crippen LogP contribution < -0.4 is 11.1 Å². The number of aromatic nitrogens is 1. The van der Waals surface area contributed by atoms with Crippen LogP contribution in [-0.4, -0.2) is 21.9 Å². The highest BCUT2D eigenvalue weighted by molar-refractivity contribution is 5.83. The number of aryl methyl sites for hydroxylation is 1. The lowest BCUT2D eigenvalue weighted by Crippen LogP contribution is -2.39. The molecule has 0 aliphatic carbocycles. The van der Waals surface area contributed by atoms with Crippen molar-refractivity contribution in [2.45, 2.75) is 26.8 Å². The number of rotatable bonds is 5. The van der Waals surface area contributed by atoms with Crippen LogP contribution in [0.5, 0.6) is 0 Å². The van der Waals surface area contributed by atoms with Crippen LogP contribution in [0.4, 0.5) is 11.5 Å². The van der Waals surface area contributed by atoms with Gasteiger partial charge in [0.2, 0.25) is 5.91 Å². The number of nitrogens with one attached hydrogen (secondary N) is 1. The summed E-state index contributed by atoms with van der Waals surface area (Å²) in [6.45, 7) is 5.31. The maximum atomic E-state index is 11.2. The molecule has 0 saturated carbocycles. The first-order chi connectivity index (χ1) is 8.32. The first-order valence-electron chi connectivity index (χ1n) is 5.49. The topological polar surface area (TPSA) is 111 Å². The Hall–Kier alpha value is -2.18. The molecule has 1 aromatic rings. The van der Waals surface area contributed by atoms with E-state index >= 15 is 0 Å². The van der Waals surface area contributed by atoms with Gasteiger partial charge in [-0.2, -0.15) is 0 Å². The maximum absolute atomic E-state index is 11.2. The molecule has 98 valence electrons. The predicted molar refractivity (Wildman–Crippen MR) is 67.1 cm³/mol. The van der Waals surface area contributed by atoms with Crippen molar-refractivity contribution in [1.82, 2.24) is 4.98 Å². The third-order valence-corrected chi connectivity index (χ3v) is 2.56. The summed E-state index contributed by atoms with van der Waals surface area (Å²) in [6.07, 6.45) is 1.16. The summed E-state index contributed by atoms with van der Waals surface area (Å²) in [5.41, 5.74) is 5.69. The highest BCUT2D eigenvalue weighted by Gasteiger charge is 2.20. The van der Waals surface area contributed by atoms with Crippen LogP contribution in [0.3, 0.4) is 0 Å². The van der Waals surface area contributed by atoms with Gasteiger partial charge in [0.15, 0.2) is 0 Å². The molecule has 1 unspecified atom stereocenters. The zero-order valence-electron chi connectivity index (χ0n) is 10.5. The number of amides is 1. The van der Waals surface area contributed by atoms with Gasteiger partial charge in [-0.3, -0.25) is 14.9 Å². The fourth-order valence-electron chi connectivity index (χ4n) is 1.54. The van der Waals surface area contributed by atoms with E-state index in [1.807, 2.05) is 13.8 Å². The third-order valence-electron chi connectivity index (χ3n) is 2.56. The molecule has 1 amide bonds. The van der Waals surface area contributed by atoms with E-state index in [0.29, 0.717) is 11.4 Å². The van der Waals surface area contributed by atoms with Crippen molar-refractivity contribution in [3.8, 4) is 0 Å². The first-order valence-corrected chi connectivity index (χ1v) is 5.49. The summed E-state index contributed by atoms with van der Waals surface area (Å²) < 4.78 is 0. The van der Waals surface area contributed by atoms with Crippen molar-refractivity contribution in [3.63, 3.8) is 0 Å². The number of nitro groups is 1. The van der Waals surface area contributed by atoms with Crippen molar-refractivity contribution in [2.75, 3.05) is 5.32 Å². The Morgan fingerprint density at radius 1 is 1.56 bits per heavy atom. The van der Waals surface area contributed by atoms with E-state index in [4.69, 9.17) is 5.73 Å². The Labute approximate surface area is 105 Å². The zero-order chi connectivity index (χ0) is 13.9. The number of primary amides is 1. The third kappa shape index (κ3) is 3.16. The maximum Gasteiger partial charge on any atom is 0.290 e. The van der Waals surface area contributed by atoms with E-state index in [9.17, 15) is 14.9 Å². The van der Waals surface area contributed by atoms with Crippen molar-refractivity contribution in [2.24, 2.45) is 11.7 Å². The standard InChI is InChI=1S/C11H16N4O3/c1-6(2)10(11(12)16)14-9-4-7(3)8(5-13-9)15(17)18/h4-6,10H,1-3H3,(H2,12,16)(H,13,14). The summed E-state index contributed by atoms with van der Waals surface area (Å²) in [4.78, 5) is 25.3. The molecule has 0 aliphatic heterocycles. The van der Waals surface area contributed by atoms with Crippen LogP contribution in [0.2, 0.25) is 0 Å². The van der Waals surface area contributed by atoms with Gasteiger partial charge in [-0.1, -0.05) is 13.8 Å². The number of anilines is 1. The second-order valence-electron chi connectivity index (χ2n) is 4.38. The lowest BCUT2D eigenvalue weighted by Gasteiger charge is -2.19. The smallest absolute Gasteiger partial charge is 0.290 e. The molecule has 1 rings (SSSR count). The zero-order valence-corrected chi connectivity index (χ0v) is 10.5. The number of hydrogen-bond acceptors (Lipinski definition) is 5. The van der Waals surface area contributed by atoms with E-state index in [1.165, 1.54) is 6.07 Å². The lowest BCUT2D eigenvalue weighted by atomic mass is 10.0. The van der Waals surface area contributed by atoms with Gasteiger partial charge in [0.25, 0.3) is 5.69 Å². The van der Waals surface area contributed by atoms with Crippen LogP contribution in [0, 0.1) is 23.0 Å². The first kappa shape index (κ1) is 13.9. The van der Waals surface area contributed by atoms with E-state index in [-0.39, 0.29) is 11.6 Å². The predicted octanol–water partition coefficient (Wildman–Crippen LogP) is 1.22. The van der Waals surface area contributed by atoms with Gasteiger partial charge in [-0.15, -0.1) is 0 Å². The minimum Gasteiger partial charge on any atom is -0.368 e. The van der Waals surface area contributed by atoms with Crippen LogP contribution in [0.15, 0.2) is 12.3 Å². The molecular weight excluding hydrogens is 236 g/mol. The fraction of sp³-hybridized carbons (Fsp3) is 0.455. The van der Waals surface area contributed by atoms with E-state index in [2.05, 4.69) is 10.3 Å². The monoisotopic (exact) mass is 252 g/mol. The Kier molecular flexibility index (Phi) is 4.19. The SMILES string of the molecule is Cc1cc(NC(C(N)=O)C(C)C)ncc1[N+](=O)[O-]. The van der Waals surface area contributed by atoms with Gasteiger partial charge in [0.05, 0.1) is 4.92 Å². The summed E-state index contributed by atoms with van der Waals surface area (Å²) >= 11 is 0. The number of nitrogens with zero attached hydrogens (tertiary/aromatic N) is 2. The average molecular weight is 252 g/mol. The van der Waals surface area contributed by atoms with Crippen molar-refractivity contribution in [3.05, 3.63) is 27.9 Å². The Morgan fingerprint density at radius 3 is 2.56 bits per heavy atom. The van der Waals surface area contributed by atoms with Crippen LogP contribution >= 0.6 is 0 Å². The van der Waals surface area contributed by atoms with Gasteiger partial charge in [-0.25, -0.2) is 4.98 Å². The largest absolute Gasteiger partial charge is 0.368 e. The van der Waals surface area contributed by atoms with E-state index in [0.717, 1.165) is 6.20 Å². The van der Waals surface area contributed by atoms with Crippen molar-refractivity contribution < 1.29 is 9.72 Å². The summed E-state index contributed by atoms with van der Waals surface area (Å²) in [5, 5.41) is 13.5. The number of pyridine rings is 1. The molecule has 7 nitrogen and oxygen atoms in total. The molecule has 3 N–H and O–H groups in total. The fourth-order valence-corrected chi connectivity index (χ4v) is 1.54. The summed E-state index contributed by atoms with van der Waals surface area (Å²) in [6, 6.07) is 0.967. The van der Waals surface area contributed by atoms with Gasteiger partial charge in [0, 0.05) is 5.56 Å². The molecule has 0 spiro atoms. The second kappa shape index (κ2) is 5.44. The molecule has 18 heavy (non-hydrogen) atoms. The van der Waals surface area contributed by atoms with Gasteiger partial charge < -0.3 is 11.1 Å². The molecule has 1 heterocycles. The number of carbonyl (C=O) groups excluding carboxylic acids is 1. The van der Waals surface area contributed by atoms with Crippen LogP contribution in [0.25, 0.3) is 0 Å². The van der Waals surface area contributed by atoms with Crippen molar-refractivity contribution in [1.29, 1.82) is 0 Å². The highest BCUT2D eigenvalue weighted by atomic mass is 16.6. The molecular formula is C11H16N4O3. The normalized spacial score (nSPS) is 12.2. The van der Waals surface area contributed by atoms with Gasteiger partial charge >= 0.3 is 0 Å². The van der Waals surface area contributed by atoms with Crippen LogP contribution in [-0.2, 0) is 4.79 Å². The van der Waals surface area contributed by atoms with E-state index < -0.39 is 16.9 Å². The minimum atomic E-state index is -0.557. The Bertz CT molecular complexity index is 473. The lowest BCUT2D eigenvalue weighted by molar-refractivity contribution is -0.385.